The number of nitrogens with one attached hydrogen (secondary N) is 1. The summed E-state index contributed by atoms with van der Waals surface area (Å²) in [5, 5.41) is 3.09. The van der Waals surface area contributed by atoms with E-state index < -0.39 is 0 Å². The van der Waals surface area contributed by atoms with Crippen LogP contribution >= 0.6 is 0 Å². The Hall–Kier alpha value is -1.94. The molecule has 1 aromatic carbocycles. The van der Waals surface area contributed by atoms with Crippen LogP contribution in [0.3, 0.4) is 0 Å². The van der Waals surface area contributed by atoms with Gasteiger partial charge in [0.15, 0.2) is 0 Å². The monoisotopic (exact) mass is 274 g/mol. The summed E-state index contributed by atoms with van der Waals surface area (Å²) in [4.78, 5) is 4.18. The molecule has 0 aliphatic heterocycles. The van der Waals surface area contributed by atoms with E-state index in [0.29, 0.717) is 12.3 Å². The van der Waals surface area contributed by atoms with E-state index in [2.05, 4.69) is 10.3 Å². The standard InChI is InChI=1S/C16H19FN2O/c1-11(2)20-15-6-13(9-19-10-15)16-7-14(17)5-4-12(16)8-18-3/h4-7,9-11,18H,8H2,1-3H3. The minimum atomic E-state index is -0.255. The first-order valence-electron chi connectivity index (χ1n) is 6.65. The number of nitrogens with zero attached hydrogens (tertiary/aromatic N) is 1. The first-order chi connectivity index (χ1) is 9.60. The second kappa shape index (κ2) is 6.48. The minimum absolute atomic E-state index is 0.0799. The van der Waals surface area contributed by atoms with Crippen molar-refractivity contribution in [2.24, 2.45) is 0 Å². The summed E-state index contributed by atoms with van der Waals surface area (Å²) in [7, 11) is 1.86. The molecule has 0 radical (unpaired) electrons. The maximum atomic E-state index is 13.5. The Balaban J connectivity index is 2.42. The highest BCUT2D eigenvalue weighted by atomic mass is 19.1. The Labute approximate surface area is 118 Å². The molecule has 1 aromatic heterocycles. The number of pyridine rings is 1. The molecule has 106 valence electrons. The molecule has 0 spiro atoms. The van der Waals surface area contributed by atoms with Crippen LogP contribution in [0.5, 0.6) is 5.75 Å². The van der Waals surface area contributed by atoms with Gasteiger partial charge in [-0.05, 0) is 50.2 Å². The van der Waals surface area contributed by atoms with Crippen LogP contribution in [0.1, 0.15) is 19.4 Å². The van der Waals surface area contributed by atoms with Crippen LogP contribution in [0.25, 0.3) is 11.1 Å². The largest absolute Gasteiger partial charge is 0.489 e. The van der Waals surface area contributed by atoms with Crippen LogP contribution in [0.15, 0.2) is 36.7 Å². The number of hydrogen-bond donors (Lipinski definition) is 1. The number of hydrogen-bond acceptors (Lipinski definition) is 3. The van der Waals surface area contributed by atoms with Gasteiger partial charge in [0.05, 0.1) is 12.3 Å². The highest BCUT2D eigenvalue weighted by molar-refractivity contribution is 5.67. The van der Waals surface area contributed by atoms with Gasteiger partial charge in [-0.25, -0.2) is 4.39 Å². The molecule has 1 N–H and O–H groups in total. The number of benzene rings is 1. The second-order valence-electron chi connectivity index (χ2n) is 4.91. The van der Waals surface area contributed by atoms with E-state index in [-0.39, 0.29) is 11.9 Å². The number of aromatic nitrogens is 1. The summed E-state index contributed by atoms with van der Waals surface area (Å²) in [6.45, 7) is 4.59. The van der Waals surface area contributed by atoms with Crippen molar-refractivity contribution in [3.63, 3.8) is 0 Å². The number of halogens is 1. The fraction of sp³-hybridized carbons (Fsp3) is 0.312. The van der Waals surface area contributed by atoms with Crippen molar-refractivity contribution in [3.8, 4) is 16.9 Å². The lowest BCUT2D eigenvalue weighted by molar-refractivity contribution is 0.241. The summed E-state index contributed by atoms with van der Waals surface area (Å²) in [6, 6.07) is 6.68. The average Bonchev–Trinajstić information content (AvgIpc) is 2.40. The van der Waals surface area contributed by atoms with Gasteiger partial charge in [0.2, 0.25) is 0 Å². The zero-order chi connectivity index (χ0) is 14.5. The van der Waals surface area contributed by atoms with Crippen molar-refractivity contribution in [1.82, 2.24) is 10.3 Å². The van der Waals surface area contributed by atoms with Crippen LogP contribution in [0.4, 0.5) is 4.39 Å². The molecule has 1 heterocycles. The van der Waals surface area contributed by atoms with Gasteiger partial charge in [-0.3, -0.25) is 4.98 Å². The lowest BCUT2D eigenvalue weighted by Crippen LogP contribution is -2.07. The van der Waals surface area contributed by atoms with Crippen molar-refractivity contribution in [3.05, 3.63) is 48.0 Å². The van der Waals surface area contributed by atoms with E-state index >= 15 is 0 Å². The van der Waals surface area contributed by atoms with Crippen LogP contribution in [-0.2, 0) is 6.54 Å². The molecule has 2 rings (SSSR count). The van der Waals surface area contributed by atoms with Gasteiger partial charge in [-0.1, -0.05) is 6.07 Å². The highest BCUT2D eigenvalue weighted by Crippen LogP contribution is 2.27. The molecule has 0 bridgehead atoms. The maximum Gasteiger partial charge on any atom is 0.138 e. The molecule has 0 unspecified atom stereocenters. The van der Waals surface area contributed by atoms with E-state index in [0.717, 1.165) is 16.7 Å². The first-order valence-corrected chi connectivity index (χ1v) is 6.65. The Morgan fingerprint density at radius 3 is 2.75 bits per heavy atom. The zero-order valence-electron chi connectivity index (χ0n) is 12.0. The fourth-order valence-corrected chi connectivity index (χ4v) is 2.06. The van der Waals surface area contributed by atoms with Gasteiger partial charge >= 0.3 is 0 Å². The van der Waals surface area contributed by atoms with Crippen molar-refractivity contribution >= 4 is 0 Å². The quantitative estimate of drug-likeness (QED) is 0.907. The molecule has 0 aliphatic rings. The van der Waals surface area contributed by atoms with Crippen molar-refractivity contribution in [1.29, 1.82) is 0 Å². The fourth-order valence-electron chi connectivity index (χ4n) is 2.06. The first kappa shape index (κ1) is 14.5. The Bertz CT molecular complexity index is 584. The number of rotatable bonds is 5. The van der Waals surface area contributed by atoms with Gasteiger partial charge in [0, 0.05) is 18.3 Å². The molecular weight excluding hydrogens is 255 g/mol. The summed E-state index contributed by atoms with van der Waals surface area (Å²) >= 11 is 0. The molecule has 4 heteroatoms. The molecule has 20 heavy (non-hydrogen) atoms. The highest BCUT2D eigenvalue weighted by Gasteiger charge is 2.08. The third-order valence-corrected chi connectivity index (χ3v) is 2.84. The molecule has 2 aromatic rings. The normalized spacial score (nSPS) is 10.8. The van der Waals surface area contributed by atoms with Gasteiger partial charge < -0.3 is 10.1 Å². The van der Waals surface area contributed by atoms with E-state index in [1.54, 1.807) is 18.5 Å². The molecule has 0 fully saturated rings. The van der Waals surface area contributed by atoms with E-state index in [1.165, 1.54) is 12.1 Å². The summed E-state index contributed by atoms with van der Waals surface area (Å²) < 4.78 is 19.1. The average molecular weight is 274 g/mol. The molecule has 0 aliphatic carbocycles. The van der Waals surface area contributed by atoms with Crippen LogP contribution in [-0.4, -0.2) is 18.1 Å². The van der Waals surface area contributed by atoms with Crippen LogP contribution in [0.2, 0.25) is 0 Å². The Morgan fingerprint density at radius 2 is 2.05 bits per heavy atom. The maximum absolute atomic E-state index is 13.5. The molecule has 3 nitrogen and oxygen atoms in total. The summed E-state index contributed by atoms with van der Waals surface area (Å²) in [6.07, 6.45) is 3.47. The van der Waals surface area contributed by atoms with Gasteiger partial charge in [0.25, 0.3) is 0 Å². The molecular formula is C16H19FN2O. The molecule has 0 atom stereocenters. The van der Waals surface area contributed by atoms with Crippen molar-refractivity contribution in [2.75, 3.05) is 7.05 Å². The lowest BCUT2D eigenvalue weighted by atomic mass is 10.0. The van der Waals surface area contributed by atoms with Gasteiger partial charge in [-0.15, -0.1) is 0 Å². The van der Waals surface area contributed by atoms with Crippen molar-refractivity contribution in [2.45, 2.75) is 26.5 Å². The zero-order valence-corrected chi connectivity index (χ0v) is 12.0. The second-order valence-corrected chi connectivity index (χ2v) is 4.91. The lowest BCUT2D eigenvalue weighted by Gasteiger charge is -2.13. The topological polar surface area (TPSA) is 34.2 Å². The van der Waals surface area contributed by atoms with Crippen LogP contribution in [0, 0.1) is 5.82 Å². The number of ether oxygens (including phenoxy) is 1. The Morgan fingerprint density at radius 1 is 1.25 bits per heavy atom. The SMILES string of the molecule is CNCc1ccc(F)cc1-c1cncc(OC(C)C)c1. The minimum Gasteiger partial charge on any atom is -0.489 e. The van der Waals surface area contributed by atoms with Crippen LogP contribution < -0.4 is 10.1 Å². The van der Waals surface area contributed by atoms with Gasteiger partial charge in [0.1, 0.15) is 11.6 Å². The third kappa shape index (κ3) is 3.54. The third-order valence-electron chi connectivity index (χ3n) is 2.84. The smallest absolute Gasteiger partial charge is 0.138 e. The predicted molar refractivity (Wildman–Crippen MR) is 78.2 cm³/mol. The summed E-state index contributed by atoms with van der Waals surface area (Å²) in [5.41, 5.74) is 2.71. The molecule has 0 saturated carbocycles. The van der Waals surface area contributed by atoms with Crippen molar-refractivity contribution < 1.29 is 9.13 Å². The van der Waals surface area contributed by atoms with E-state index in [4.69, 9.17) is 4.74 Å². The molecule has 0 amide bonds. The summed E-state index contributed by atoms with van der Waals surface area (Å²) in [5.74, 6) is 0.437. The molecule has 0 saturated heterocycles. The van der Waals surface area contributed by atoms with Gasteiger partial charge in [-0.2, -0.15) is 0 Å². The Kier molecular flexibility index (Phi) is 4.69. The predicted octanol–water partition coefficient (Wildman–Crippen LogP) is 3.39. The van der Waals surface area contributed by atoms with E-state index in [1.807, 2.05) is 27.0 Å². The van der Waals surface area contributed by atoms with E-state index in [9.17, 15) is 4.39 Å².